The summed E-state index contributed by atoms with van der Waals surface area (Å²) in [7, 11) is 1.57. The van der Waals surface area contributed by atoms with Gasteiger partial charge in [0.2, 0.25) is 0 Å². The summed E-state index contributed by atoms with van der Waals surface area (Å²) in [5.41, 5.74) is 1.76. The minimum absolute atomic E-state index is 0.451. The van der Waals surface area contributed by atoms with Crippen LogP contribution in [0.5, 0.6) is 11.5 Å². The second-order valence-corrected chi connectivity index (χ2v) is 5.33. The van der Waals surface area contributed by atoms with Gasteiger partial charge in [-0.15, -0.1) is 6.58 Å². The molecule has 0 aliphatic carbocycles. The molecule has 0 spiro atoms. The van der Waals surface area contributed by atoms with Crippen LogP contribution in [0, 0.1) is 0 Å². The summed E-state index contributed by atoms with van der Waals surface area (Å²) in [4.78, 5) is 0. The number of hydrogen-bond donors (Lipinski definition) is 1. The average molecular weight is 349 g/mol. The zero-order chi connectivity index (χ0) is 15.2. The molecule has 0 saturated carbocycles. The molecule has 1 atom stereocenters. The summed E-state index contributed by atoms with van der Waals surface area (Å²) in [6, 6.07) is 13.4. The molecule has 4 heteroatoms. The van der Waals surface area contributed by atoms with E-state index in [-0.39, 0.29) is 0 Å². The molecule has 0 bridgehead atoms. The van der Waals surface area contributed by atoms with Crippen molar-refractivity contribution in [3.05, 3.63) is 70.7 Å². The summed E-state index contributed by atoms with van der Waals surface area (Å²) < 4.78 is 11.9. The molecule has 21 heavy (non-hydrogen) atoms. The highest BCUT2D eigenvalue weighted by molar-refractivity contribution is 9.10. The Bertz CT molecular complexity index is 611. The summed E-state index contributed by atoms with van der Waals surface area (Å²) in [5.74, 6) is 1.19. The smallest absolute Gasteiger partial charge is 0.162 e. The molecule has 2 rings (SSSR count). The number of aliphatic hydroxyl groups excluding tert-OH is 1. The predicted octanol–water partition coefficient (Wildman–Crippen LogP) is 4.26. The third-order valence-corrected chi connectivity index (χ3v) is 3.75. The lowest BCUT2D eigenvalue weighted by Crippen LogP contribution is -2.01. The van der Waals surface area contributed by atoms with E-state index >= 15 is 0 Å². The molecule has 1 unspecified atom stereocenters. The molecule has 0 aliphatic rings. The molecule has 0 radical (unpaired) electrons. The zero-order valence-electron chi connectivity index (χ0n) is 11.8. The van der Waals surface area contributed by atoms with Gasteiger partial charge in [0.25, 0.3) is 0 Å². The molecule has 110 valence electrons. The number of ether oxygens (including phenoxy) is 2. The van der Waals surface area contributed by atoms with Crippen molar-refractivity contribution in [2.24, 2.45) is 0 Å². The van der Waals surface area contributed by atoms with Crippen molar-refractivity contribution in [1.82, 2.24) is 0 Å². The first kappa shape index (κ1) is 15.6. The highest BCUT2D eigenvalue weighted by Crippen LogP contribution is 2.36. The number of hydrogen-bond acceptors (Lipinski definition) is 3. The van der Waals surface area contributed by atoms with Crippen LogP contribution in [0.1, 0.15) is 17.2 Å². The van der Waals surface area contributed by atoms with Gasteiger partial charge < -0.3 is 14.6 Å². The van der Waals surface area contributed by atoms with Crippen LogP contribution >= 0.6 is 15.9 Å². The van der Waals surface area contributed by atoms with E-state index in [0.717, 1.165) is 10.0 Å². The molecule has 0 aliphatic heterocycles. The van der Waals surface area contributed by atoms with E-state index in [2.05, 4.69) is 22.5 Å². The van der Waals surface area contributed by atoms with Gasteiger partial charge in [0.15, 0.2) is 11.5 Å². The van der Waals surface area contributed by atoms with E-state index in [1.165, 1.54) is 6.08 Å². The molecular weight excluding hydrogens is 332 g/mol. The SMILES string of the molecule is C=CC(O)c1cc(OC)c(OCc2ccccc2)cc1Br. The van der Waals surface area contributed by atoms with Gasteiger partial charge in [0.1, 0.15) is 6.61 Å². The Morgan fingerprint density at radius 2 is 1.95 bits per heavy atom. The number of methoxy groups -OCH3 is 1. The average Bonchev–Trinajstić information content (AvgIpc) is 2.53. The van der Waals surface area contributed by atoms with E-state index < -0.39 is 6.10 Å². The second-order valence-electron chi connectivity index (χ2n) is 4.48. The molecule has 0 amide bonds. The van der Waals surface area contributed by atoms with Crippen LogP contribution in [-0.4, -0.2) is 12.2 Å². The van der Waals surface area contributed by atoms with E-state index in [9.17, 15) is 5.11 Å². The van der Waals surface area contributed by atoms with Gasteiger partial charge >= 0.3 is 0 Å². The maximum Gasteiger partial charge on any atom is 0.162 e. The number of halogens is 1. The lowest BCUT2D eigenvalue weighted by Gasteiger charge is -2.15. The summed E-state index contributed by atoms with van der Waals surface area (Å²) in [5, 5.41) is 9.88. The topological polar surface area (TPSA) is 38.7 Å². The fraction of sp³-hybridized carbons (Fsp3) is 0.176. The number of rotatable bonds is 6. The Labute approximate surface area is 133 Å². The van der Waals surface area contributed by atoms with E-state index in [0.29, 0.717) is 23.7 Å². The van der Waals surface area contributed by atoms with Crippen LogP contribution in [0.4, 0.5) is 0 Å². The standard InChI is InChI=1S/C17H17BrO3/c1-3-15(19)13-9-16(20-2)17(10-14(13)18)21-11-12-7-5-4-6-8-12/h3-10,15,19H,1,11H2,2H3. The Balaban J connectivity index is 2.23. The maximum absolute atomic E-state index is 9.88. The van der Waals surface area contributed by atoms with Gasteiger partial charge in [-0.2, -0.15) is 0 Å². The summed E-state index contributed by atoms with van der Waals surface area (Å²) in [6.07, 6.45) is 0.709. The fourth-order valence-corrected chi connectivity index (χ4v) is 2.47. The van der Waals surface area contributed by atoms with Gasteiger partial charge in [0, 0.05) is 10.0 Å². The molecule has 3 nitrogen and oxygen atoms in total. The molecule has 2 aromatic rings. The van der Waals surface area contributed by atoms with E-state index in [1.807, 2.05) is 30.3 Å². The lowest BCUT2D eigenvalue weighted by molar-refractivity contribution is 0.226. The van der Waals surface area contributed by atoms with Crippen LogP contribution in [0.25, 0.3) is 0 Å². The van der Waals surface area contributed by atoms with Crippen molar-refractivity contribution in [3.63, 3.8) is 0 Å². The van der Waals surface area contributed by atoms with Gasteiger partial charge in [-0.05, 0) is 17.7 Å². The zero-order valence-corrected chi connectivity index (χ0v) is 13.3. The first-order chi connectivity index (χ1) is 10.2. The van der Waals surface area contributed by atoms with Crippen molar-refractivity contribution < 1.29 is 14.6 Å². The van der Waals surface area contributed by atoms with Gasteiger partial charge in [0.05, 0.1) is 13.2 Å². The first-order valence-electron chi connectivity index (χ1n) is 6.50. The van der Waals surface area contributed by atoms with Crippen molar-refractivity contribution in [3.8, 4) is 11.5 Å². The van der Waals surface area contributed by atoms with Crippen LogP contribution in [0.3, 0.4) is 0 Å². The van der Waals surface area contributed by atoms with Gasteiger partial charge in [-0.3, -0.25) is 0 Å². The quantitative estimate of drug-likeness (QED) is 0.792. The Hall–Kier alpha value is -1.78. The maximum atomic E-state index is 9.88. The number of benzene rings is 2. The summed E-state index contributed by atoms with van der Waals surface area (Å²) >= 11 is 3.43. The van der Waals surface area contributed by atoms with Crippen LogP contribution in [0.15, 0.2) is 59.6 Å². The Kier molecular flexibility index (Phi) is 5.42. The van der Waals surface area contributed by atoms with Crippen molar-refractivity contribution in [1.29, 1.82) is 0 Å². The lowest BCUT2D eigenvalue weighted by atomic mass is 10.1. The van der Waals surface area contributed by atoms with E-state index in [1.54, 1.807) is 19.2 Å². The van der Waals surface area contributed by atoms with Crippen LogP contribution < -0.4 is 9.47 Å². The molecule has 0 fully saturated rings. The van der Waals surface area contributed by atoms with Crippen molar-refractivity contribution in [2.45, 2.75) is 12.7 Å². The molecule has 0 heterocycles. The van der Waals surface area contributed by atoms with Crippen LogP contribution in [0.2, 0.25) is 0 Å². The Morgan fingerprint density at radius 3 is 2.57 bits per heavy atom. The fourth-order valence-electron chi connectivity index (χ4n) is 1.91. The second kappa shape index (κ2) is 7.29. The molecule has 2 aromatic carbocycles. The highest BCUT2D eigenvalue weighted by Gasteiger charge is 2.14. The predicted molar refractivity (Wildman–Crippen MR) is 86.6 cm³/mol. The molecule has 0 saturated heterocycles. The third-order valence-electron chi connectivity index (χ3n) is 3.06. The van der Waals surface area contributed by atoms with Crippen molar-refractivity contribution in [2.75, 3.05) is 7.11 Å². The normalized spacial score (nSPS) is 11.8. The van der Waals surface area contributed by atoms with Gasteiger partial charge in [-0.25, -0.2) is 0 Å². The number of aliphatic hydroxyl groups is 1. The van der Waals surface area contributed by atoms with Crippen molar-refractivity contribution >= 4 is 15.9 Å². The first-order valence-corrected chi connectivity index (χ1v) is 7.29. The van der Waals surface area contributed by atoms with Crippen LogP contribution in [-0.2, 0) is 6.61 Å². The monoisotopic (exact) mass is 348 g/mol. The molecular formula is C17H17BrO3. The summed E-state index contributed by atoms with van der Waals surface area (Å²) in [6.45, 7) is 4.04. The third kappa shape index (κ3) is 3.86. The minimum Gasteiger partial charge on any atom is -0.493 e. The Morgan fingerprint density at radius 1 is 1.24 bits per heavy atom. The largest absolute Gasteiger partial charge is 0.493 e. The van der Waals surface area contributed by atoms with Gasteiger partial charge in [-0.1, -0.05) is 52.3 Å². The highest BCUT2D eigenvalue weighted by atomic mass is 79.9. The van der Waals surface area contributed by atoms with E-state index in [4.69, 9.17) is 9.47 Å². The molecule has 0 aromatic heterocycles. The molecule has 1 N–H and O–H groups in total. The minimum atomic E-state index is -0.753.